The highest BCUT2D eigenvalue weighted by Gasteiger charge is 2.21. The van der Waals surface area contributed by atoms with Gasteiger partial charge in [0.15, 0.2) is 5.84 Å². The summed E-state index contributed by atoms with van der Waals surface area (Å²) >= 11 is 0. The van der Waals surface area contributed by atoms with E-state index >= 15 is 0 Å². The number of nitrogens with zero attached hydrogens (tertiary/aromatic N) is 6. The molecule has 0 aliphatic carbocycles. The Hall–Kier alpha value is -3.85. The summed E-state index contributed by atoms with van der Waals surface area (Å²) in [5, 5.41) is 7.97. The molecule has 0 atom stereocenters. The summed E-state index contributed by atoms with van der Waals surface area (Å²) in [4.78, 5) is 11.8. The van der Waals surface area contributed by atoms with Crippen molar-refractivity contribution < 1.29 is 4.74 Å². The molecule has 1 fully saturated rings. The molecule has 0 unspecified atom stereocenters. The van der Waals surface area contributed by atoms with E-state index in [1.54, 1.807) is 0 Å². The Bertz CT molecular complexity index is 1370. The van der Waals surface area contributed by atoms with Crippen molar-refractivity contribution in [1.29, 1.82) is 5.53 Å². The van der Waals surface area contributed by atoms with Crippen molar-refractivity contribution in [2.75, 3.05) is 31.2 Å². The number of hydrogen-bond donors (Lipinski definition) is 2. The average Bonchev–Trinajstić information content (AvgIpc) is 3.14. The van der Waals surface area contributed by atoms with Crippen LogP contribution in [0.5, 0.6) is 0 Å². The average molecular weight is 429 g/mol. The molecule has 2 aromatic heterocycles. The number of nitrogens with two attached hydrogens (primary N) is 1. The summed E-state index contributed by atoms with van der Waals surface area (Å²) in [5.41, 5.74) is 19.5. The lowest BCUT2D eigenvalue weighted by Crippen LogP contribution is -2.36. The summed E-state index contributed by atoms with van der Waals surface area (Å²) in [6.45, 7) is 6.89. The third-order valence-electron chi connectivity index (χ3n) is 5.79. The summed E-state index contributed by atoms with van der Waals surface area (Å²) in [7, 11) is 0. The fourth-order valence-electron chi connectivity index (χ4n) is 4.36. The van der Waals surface area contributed by atoms with E-state index in [0.29, 0.717) is 18.8 Å². The summed E-state index contributed by atoms with van der Waals surface area (Å²) in [6.07, 6.45) is 0. The number of aromatic nitrogens is 3. The quantitative estimate of drug-likeness (QED) is 0.222. The van der Waals surface area contributed by atoms with Gasteiger partial charge in [0.05, 0.1) is 29.9 Å². The number of amidine groups is 1. The SMILES string of the molecule is Cc1cc(-n2c(C)nc3c(/C(N)=N/N=N)cc(N4CCOCC4)cc32)c2ccccc2n1. The number of ether oxygens (including phenoxy) is 1. The maximum absolute atomic E-state index is 7.13. The van der Waals surface area contributed by atoms with E-state index in [0.717, 1.165) is 57.9 Å². The Kier molecular flexibility index (Phi) is 5.02. The zero-order chi connectivity index (χ0) is 22.2. The van der Waals surface area contributed by atoms with E-state index in [1.165, 1.54) is 0 Å². The molecule has 4 aromatic rings. The number of nitrogens with one attached hydrogen (secondary N) is 1. The molecule has 32 heavy (non-hydrogen) atoms. The fraction of sp³-hybridized carbons (Fsp3) is 0.261. The summed E-state index contributed by atoms with van der Waals surface area (Å²) < 4.78 is 7.67. The highest BCUT2D eigenvalue weighted by molar-refractivity contribution is 6.09. The second kappa shape index (κ2) is 8.01. The molecule has 0 bridgehead atoms. The molecule has 5 rings (SSSR count). The van der Waals surface area contributed by atoms with Crippen molar-refractivity contribution in [3.63, 3.8) is 0 Å². The van der Waals surface area contributed by atoms with E-state index in [-0.39, 0.29) is 5.84 Å². The molecule has 9 heteroatoms. The molecule has 1 aliphatic heterocycles. The van der Waals surface area contributed by atoms with E-state index in [9.17, 15) is 0 Å². The van der Waals surface area contributed by atoms with Crippen LogP contribution in [-0.2, 0) is 4.74 Å². The first kappa shape index (κ1) is 20.1. The van der Waals surface area contributed by atoms with E-state index < -0.39 is 0 Å². The highest BCUT2D eigenvalue weighted by atomic mass is 16.5. The molecule has 2 aromatic carbocycles. The molecule has 1 saturated heterocycles. The number of fused-ring (bicyclic) bond motifs is 2. The first-order valence-electron chi connectivity index (χ1n) is 10.5. The lowest BCUT2D eigenvalue weighted by atomic mass is 10.1. The number of aryl methyl sites for hydroxylation is 2. The molecular formula is C23H24N8O. The van der Waals surface area contributed by atoms with Gasteiger partial charge in [0.25, 0.3) is 0 Å². The van der Waals surface area contributed by atoms with Gasteiger partial charge < -0.3 is 15.4 Å². The topological polar surface area (TPSA) is 118 Å². The van der Waals surface area contributed by atoms with Gasteiger partial charge in [-0.1, -0.05) is 23.4 Å². The monoisotopic (exact) mass is 428 g/mol. The number of hydrogen-bond acceptors (Lipinski definition) is 6. The van der Waals surface area contributed by atoms with Crippen LogP contribution >= 0.6 is 0 Å². The van der Waals surface area contributed by atoms with Crippen molar-refractivity contribution in [3.8, 4) is 5.69 Å². The molecule has 9 nitrogen and oxygen atoms in total. The van der Waals surface area contributed by atoms with Crippen LogP contribution in [0.1, 0.15) is 17.1 Å². The van der Waals surface area contributed by atoms with Crippen LogP contribution in [0, 0.1) is 19.4 Å². The largest absolute Gasteiger partial charge is 0.382 e. The van der Waals surface area contributed by atoms with Crippen molar-refractivity contribution in [3.05, 3.63) is 59.5 Å². The smallest absolute Gasteiger partial charge is 0.157 e. The Balaban J connectivity index is 1.83. The van der Waals surface area contributed by atoms with Gasteiger partial charge in [0, 0.05) is 35.4 Å². The normalized spacial score (nSPS) is 14.9. The van der Waals surface area contributed by atoms with Crippen LogP contribution in [0.25, 0.3) is 27.6 Å². The minimum absolute atomic E-state index is 0.167. The predicted octanol–water partition coefficient (Wildman–Crippen LogP) is 3.68. The fourth-order valence-corrected chi connectivity index (χ4v) is 4.36. The van der Waals surface area contributed by atoms with Gasteiger partial charge in [0.2, 0.25) is 0 Å². The number of anilines is 1. The third-order valence-corrected chi connectivity index (χ3v) is 5.79. The van der Waals surface area contributed by atoms with Gasteiger partial charge in [-0.15, -0.1) is 5.10 Å². The Morgan fingerprint density at radius 3 is 2.66 bits per heavy atom. The highest BCUT2D eigenvalue weighted by Crippen LogP contribution is 2.32. The molecule has 0 spiro atoms. The van der Waals surface area contributed by atoms with Crippen LogP contribution in [0.15, 0.2) is 52.8 Å². The summed E-state index contributed by atoms with van der Waals surface area (Å²) in [6, 6.07) is 14.3. The van der Waals surface area contributed by atoms with E-state index in [4.69, 9.17) is 21.0 Å². The third kappa shape index (κ3) is 3.36. The maximum atomic E-state index is 7.13. The Morgan fingerprint density at radius 2 is 1.88 bits per heavy atom. The molecular weight excluding hydrogens is 404 g/mol. The maximum Gasteiger partial charge on any atom is 0.157 e. The number of pyridine rings is 1. The lowest BCUT2D eigenvalue weighted by Gasteiger charge is -2.29. The van der Waals surface area contributed by atoms with Crippen LogP contribution in [0.3, 0.4) is 0 Å². The van der Waals surface area contributed by atoms with E-state index in [2.05, 4.69) is 43.0 Å². The molecule has 0 radical (unpaired) electrons. The van der Waals surface area contributed by atoms with Crippen LogP contribution < -0.4 is 10.6 Å². The minimum atomic E-state index is 0.167. The molecule has 0 amide bonds. The summed E-state index contributed by atoms with van der Waals surface area (Å²) in [5.74, 6) is 0.993. The second-order valence-corrected chi connectivity index (χ2v) is 7.84. The van der Waals surface area contributed by atoms with Crippen LogP contribution in [0.2, 0.25) is 0 Å². The molecule has 162 valence electrons. The van der Waals surface area contributed by atoms with Gasteiger partial charge in [-0.2, -0.15) is 5.53 Å². The standard InChI is InChI=1S/C23H24N8O/c1-14-11-20(17-5-3-4-6-19(17)26-14)31-15(2)27-22-18(23(24)28-29-25)12-16(13-21(22)31)30-7-9-32-10-8-30/h3-6,11-13H,7-10H2,1-2H3,(H3,24,25,28). The van der Waals surface area contributed by atoms with Gasteiger partial charge >= 0.3 is 0 Å². The zero-order valence-electron chi connectivity index (χ0n) is 18.0. The van der Waals surface area contributed by atoms with Crippen molar-refractivity contribution in [2.45, 2.75) is 13.8 Å². The molecule has 1 aliphatic rings. The van der Waals surface area contributed by atoms with Gasteiger partial charge in [-0.3, -0.25) is 9.55 Å². The first-order chi connectivity index (χ1) is 15.6. The van der Waals surface area contributed by atoms with Gasteiger partial charge in [-0.25, -0.2) is 4.98 Å². The predicted molar refractivity (Wildman–Crippen MR) is 125 cm³/mol. The molecule has 3 heterocycles. The van der Waals surface area contributed by atoms with Crippen molar-refractivity contribution >= 4 is 33.5 Å². The Morgan fingerprint density at radius 1 is 1.09 bits per heavy atom. The van der Waals surface area contributed by atoms with Crippen LogP contribution in [0.4, 0.5) is 5.69 Å². The number of rotatable bonds is 4. The number of para-hydroxylation sites is 1. The minimum Gasteiger partial charge on any atom is -0.382 e. The van der Waals surface area contributed by atoms with E-state index in [1.807, 2.05) is 38.1 Å². The number of benzene rings is 2. The van der Waals surface area contributed by atoms with Crippen LogP contribution in [-0.4, -0.2) is 46.7 Å². The number of morpholine rings is 1. The van der Waals surface area contributed by atoms with Crippen molar-refractivity contribution in [1.82, 2.24) is 14.5 Å². The Labute approximate surface area is 185 Å². The van der Waals surface area contributed by atoms with Crippen molar-refractivity contribution in [2.24, 2.45) is 16.1 Å². The first-order valence-corrected chi connectivity index (χ1v) is 10.5. The zero-order valence-corrected chi connectivity index (χ0v) is 18.0. The van der Waals surface area contributed by atoms with Gasteiger partial charge in [0.1, 0.15) is 11.3 Å². The number of imidazole rings is 1. The lowest BCUT2D eigenvalue weighted by molar-refractivity contribution is 0.122. The molecule has 3 N–H and O–H groups in total. The van der Waals surface area contributed by atoms with Gasteiger partial charge in [-0.05, 0) is 38.1 Å². The molecule has 0 saturated carbocycles. The second-order valence-electron chi connectivity index (χ2n) is 7.84.